The van der Waals surface area contributed by atoms with E-state index < -0.39 is 0 Å². The molecule has 2 fully saturated rings. The van der Waals surface area contributed by atoms with Crippen molar-refractivity contribution in [3.63, 3.8) is 0 Å². The van der Waals surface area contributed by atoms with E-state index in [0.717, 1.165) is 12.8 Å². The lowest BCUT2D eigenvalue weighted by molar-refractivity contribution is 0.0608. The monoisotopic (exact) mass is 419 g/mol. The van der Waals surface area contributed by atoms with Crippen molar-refractivity contribution in [2.75, 3.05) is 32.7 Å². The molecule has 3 heterocycles. The predicted molar refractivity (Wildman–Crippen MR) is 129 cm³/mol. The van der Waals surface area contributed by atoms with E-state index in [4.69, 9.17) is 0 Å². The average Bonchev–Trinajstić information content (AvgIpc) is 3.22. The van der Waals surface area contributed by atoms with Crippen LogP contribution in [0.3, 0.4) is 0 Å². The van der Waals surface area contributed by atoms with Crippen LogP contribution in [0.5, 0.6) is 0 Å². The Hall–Kier alpha value is -1.91. The van der Waals surface area contributed by atoms with Gasteiger partial charge in [0.1, 0.15) is 6.20 Å². The van der Waals surface area contributed by atoms with E-state index in [1.807, 2.05) is 0 Å². The van der Waals surface area contributed by atoms with Gasteiger partial charge in [0, 0.05) is 30.8 Å². The van der Waals surface area contributed by atoms with Crippen LogP contribution in [0.15, 0.2) is 24.3 Å². The number of aromatic nitrogens is 2. The minimum atomic E-state index is 0.445. The summed E-state index contributed by atoms with van der Waals surface area (Å²) < 4.78 is 0. The fraction of sp³-hybridized carbons (Fsp3) is 0.593. The number of piperidine rings is 2. The standard InChI is InChI=1S/C27H39N4/c1-21(2)26-25(19-29-30-26)18-24-9-8-23(17-22(24)3)7-4-5-15-31-16-6-10-27(20-31)11-13-28-14-12-27/h4,7-9,17,21,28H,5-6,10-16,18,20H2,1-3H3,(H,29,30)/b7-4+. The molecule has 0 aliphatic carbocycles. The summed E-state index contributed by atoms with van der Waals surface area (Å²) >= 11 is 0. The number of H-pyrrole nitrogens is 1. The Kier molecular flexibility index (Phi) is 7.29. The van der Waals surface area contributed by atoms with Gasteiger partial charge in [0.25, 0.3) is 0 Å². The van der Waals surface area contributed by atoms with Gasteiger partial charge in [-0.05, 0) is 86.7 Å². The third-order valence-corrected chi connectivity index (χ3v) is 7.33. The van der Waals surface area contributed by atoms with Crippen LogP contribution in [-0.4, -0.2) is 47.8 Å². The van der Waals surface area contributed by atoms with Crippen LogP contribution in [0.25, 0.3) is 6.08 Å². The van der Waals surface area contributed by atoms with Crippen LogP contribution in [0.2, 0.25) is 0 Å². The summed E-state index contributed by atoms with van der Waals surface area (Å²) in [6.07, 6.45) is 15.4. The Bertz CT molecular complexity index is 868. The number of nitrogens with one attached hydrogen (secondary N) is 2. The smallest absolute Gasteiger partial charge is 0.116 e. The predicted octanol–water partition coefficient (Wildman–Crippen LogP) is 5.10. The second-order valence-corrected chi connectivity index (χ2v) is 10.1. The largest absolute Gasteiger partial charge is 0.317 e. The summed E-state index contributed by atoms with van der Waals surface area (Å²) in [6.45, 7) is 12.8. The first kappa shape index (κ1) is 22.3. The molecule has 167 valence electrons. The summed E-state index contributed by atoms with van der Waals surface area (Å²) in [5.41, 5.74) is 6.99. The van der Waals surface area contributed by atoms with E-state index in [-0.39, 0.29) is 0 Å². The molecule has 2 saturated heterocycles. The van der Waals surface area contributed by atoms with Gasteiger partial charge >= 0.3 is 0 Å². The first-order valence-corrected chi connectivity index (χ1v) is 12.2. The van der Waals surface area contributed by atoms with E-state index in [9.17, 15) is 0 Å². The fourth-order valence-electron chi connectivity index (χ4n) is 5.45. The minimum Gasteiger partial charge on any atom is -0.317 e. The molecule has 0 bridgehead atoms. The molecule has 1 radical (unpaired) electrons. The lowest BCUT2D eigenvalue weighted by Crippen LogP contribution is -2.48. The van der Waals surface area contributed by atoms with Crippen LogP contribution in [0.4, 0.5) is 0 Å². The van der Waals surface area contributed by atoms with Crippen molar-refractivity contribution in [1.82, 2.24) is 20.4 Å². The summed E-state index contributed by atoms with van der Waals surface area (Å²) in [5, 5.41) is 10.8. The first-order chi connectivity index (χ1) is 15.0. The maximum Gasteiger partial charge on any atom is 0.116 e. The summed E-state index contributed by atoms with van der Waals surface area (Å²) in [6, 6.07) is 6.83. The van der Waals surface area contributed by atoms with Crippen molar-refractivity contribution in [2.45, 2.75) is 65.2 Å². The van der Waals surface area contributed by atoms with Crippen molar-refractivity contribution in [3.8, 4) is 0 Å². The fourth-order valence-corrected chi connectivity index (χ4v) is 5.45. The van der Waals surface area contributed by atoms with E-state index in [1.165, 1.54) is 86.4 Å². The highest BCUT2D eigenvalue weighted by Gasteiger charge is 2.35. The lowest BCUT2D eigenvalue weighted by atomic mass is 9.73. The Morgan fingerprint density at radius 2 is 2.06 bits per heavy atom. The van der Waals surface area contributed by atoms with Crippen LogP contribution in [-0.2, 0) is 6.42 Å². The normalized spacial score (nSPS) is 19.6. The molecule has 1 aromatic heterocycles. The van der Waals surface area contributed by atoms with Crippen molar-refractivity contribution in [1.29, 1.82) is 0 Å². The third-order valence-electron chi connectivity index (χ3n) is 7.33. The molecule has 31 heavy (non-hydrogen) atoms. The molecule has 2 aliphatic heterocycles. The number of nitrogens with zero attached hydrogens (tertiary/aromatic N) is 2. The van der Waals surface area contributed by atoms with Crippen LogP contribution in [0, 0.1) is 18.5 Å². The van der Waals surface area contributed by atoms with Crippen molar-refractivity contribution < 1.29 is 0 Å². The molecule has 2 aliphatic rings. The number of hydrogen-bond acceptors (Lipinski definition) is 3. The molecule has 0 saturated carbocycles. The highest BCUT2D eigenvalue weighted by Crippen LogP contribution is 2.38. The van der Waals surface area contributed by atoms with Gasteiger partial charge < -0.3 is 10.2 Å². The van der Waals surface area contributed by atoms with Gasteiger partial charge in [-0.1, -0.05) is 44.2 Å². The zero-order valence-corrected chi connectivity index (χ0v) is 19.6. The third kappa shape index (κ3) is 5.67. The Morgan fingerprint density at radius 3 is 2.84 bits per heavy atom. The van der Waals surface area contributed by atoms with Gasteiger partial charge in [-0.2, -0.15) is 5.10 Å². The molecule has 0 atom stereocenters. The molecule has 2 N–H and O–H groups in total. The Labute approximate surface area is 188 Å². The van der Waals surface area contributed by atoms with Crippen molar-refractivity contribution in [2.24, 2.45) is 5.41 Å². The van der Waals surface area contributed by atoms with E-state index >= 15 is 0 Å². The molecule has 4 heteroatoms. The topological polar surface area (TPSA) is 44.0 Å². The maximum absolute atomic E-state index is 4.13. The molecule has 0 unspecified atom stereocenters. The average molecular weight is 420 g/mol. The minimum absolute atomic E-state index is 0.445. The van der Waals surface area contributed by atoms with Gasteiger partial charge in [0.2, 0.25) is 0 Å². The quantitative estimate of drug-likeness (QED) is 0.656. The lowest BCUT2D eigenvalue weighted by Gasteiger charge is -2.45. The second kappa shape index (κ2) is 10.1. The molecule has 1 spiro atoms. The summed E-state index contributed by atoms with van der Waals surface area (Å²) in [7, 11) is 0. The number of benzene rings is 1. The molecular weight excluding hydrogens is 380 g/mol. The number of hydrogen-bond donors (Lipinski definition) is 2. The SMILES string of the molecule is Cc1cc(/C=C/CCN2CCCC3(CCNCC3)C2)ccc1Cc1[c]n[nH]c1C(C)C. The summed E-state index contributed by atoms with van der Waals surface area (Å²) in [4.78, 5) is 2.71. The molecule has 4 nitrogen and oxygen atoms in total. The number of rotatable bonds is 7. The van der Waals surface area contributed by atoms with Crippen LogP contribution < -0.4 is 5.32 Å². The second-order valence-electron chi connectivity index (χ2n) is 10.1. The molecule has 4 rings (SSSR count). The van der Waals surface area contributed by atoms with E-state index in [0.29, 0.717) is 11.3 Å². The highest BCUT2D eigenvalue weighted by molar-refractivity contribution is 5.52. The number of likely N-dealkylation sites (tertiary alicyclic amines) is 1. The zero-order chi connectivity index (χ0) is 21.7. The van der Waals surface area contributed by atoms with Crippen LogP contribution >= 0.6 is 0 Å². The van der Waals surface area contributed by atoms with Gasteiger partial charge in [-0.25, -0.2) is 0 Å². The van der Waals surface area contributed by atoms with Gasteiger partial charge in [-0.3, -0.25) is 5.10 Å². The van der Waals surface area contributed by atoms with Crippen LogP contribution in [0.1, 0.15) is 79.8 Å². The van der Waals surface area contributed by atoms with E-state index in [2.05, 4.69) is 77.7 Å². The zero-order valence-electron chi connectivity index (χ0n) is 19.6. The van der Waals surface area contributed by atoms with Gasteiger partial charge in [-0.15, -0.1) is 0 Å². The number of aryl methyl sites for hydroxylation is 1. The Morgan fingerprint density at radius 1 is 1.23 bits per heavy atom. The first-order valence-electron chi connectivity index (χ1n) is 12.2. The van der Waals surface area contributed by atoms with E-state index in [1.54, 1.807) is 0 Å². The van der Waals surface area contributed by atoms with Crippen molar-refractivity contribution in [3.05, 3.63) is 58.4 Å². The highest BCUT2D eigenvalue weighted by atomic mass is 15.1. The molecule has 2 aromatic rings. The number of aromatic amines is 1. The molecular formula is C27H39N4. The van der Waals surface area contributed by atoms with Gasteiger partial charge in [0.05, 0.1) is 0 Å². The van der Waals surface area contributed by atoms with Crippen molar-refractivity contribution >= 4 is 6.08 Å². The van der Waals surface area contributed by atoms with Gasteiger partial charge in [0.15, 0.2) is 0 Å². The summed E-state index contributed by atoms with van der Waals surface area (Å²) in [5.74, 6) is 0.445. The Balaban J connectivity index is 1.29. The maximum atomic E-state index is 4.13. The molecule has 1 aromatic carbocycles. The molecule has 0 amide bonds.